The minimum atomic E-state index is -4.09. The second-order valence-corrected chi connectivity index (χ2v) is 7.46. The third kappa shape index (κ3) is 4.89. The van der Waals surface area contributed by atoms with Crippen LogP contribution < -0.4 is 5.32 Å². The number of hydrogen-bond acceptors (Lipinski definition) is 2. The van der Waals surface area contributed by atoms with E-state index in [4.69, 9.17) is 0 Å². The molecule has 1 unspecified atom stereocenters. The van der Waals surface area contributed by atoms with E-state index in [9.17, 15) is 13.2 Å². The quantitative estimate of drug-likeness (QED) is 0.399. The maximum Gasteiger partial charge on any atom is 0.401 e. The number of alkyl halides is 3. The van der Waals surface area contributed by atoms with Gasteiger partial charge in [0.2, 0.25) is 0 Å². The van der Waals surface area contributed by atoms with Gasteiger partial charge in [0, 0.05) is 33.2 Å². The van der Waals surface area contributed by atoms with Crippen LogP contribution in [0.5, 0.6) is 0 Å². The summed E-state index contributed by atoms with van der Waals surface area (Å²) in [5.74, 6) is 1.19. The Balaban J connectivity index is 0.00000208. The summed E-state index contributed by atoms with van der Waals surface area (Å²) < 4.78 is 37.3. The van der Waals surface area contributed by atoms with Gasteiger partial charge in [-0.2, -0.15) is 13.2 Å². The number of likely N-dealkylation sites (tertiary alicyclic amines) is 2. The third-order valence-electron chi connectivity index (χ3n) is 5.69. The standard InChI is InChI=1S/C16H27F3N4.HI/c1-20-14(23-8-6-15(11-23)4-2-5-15)21-9-13-3-7-22(10-13)12-16(17,18)19;/h13H,2-12H2,1H3,(H,20,21);1H. The molecule has 24 heavy (non-hydrogen) atoms. The lowest BCUT2D eigenvalue weighted by molar-refractivity contribution is -0.143. The molecule has 140 valence electrons. The van der Waals surface area contributed by atoms with E-state index in [0.29, 0.717) is 25.0 Å². The number of halogens is 4. The second-order valence-electron chi connectivity index (χ2n) is 7.46. The summed E-state index contributed by atoms with van der Waals surface area (Å²) in [6.07, 6.45) is 1.98. The lowest BCUT2D eigenvalue weighted by atomic mass is 9.68. The molecule has 3 fully saturated rings. The van der Waals surface area contributed by atoms with E-state index in [1.165, 1.54) is 30.6 Å². The molecular weight excluding hydrogens is 432 g/mol. The first-order chi connectivity index (χ1) is 10.9. The molecule has 0 aromatic rings. The molecule has 1 N–H and O–H groups in total. The summed E-state index contributed by atoms with van der Waals surface area (Å²) in [4.78, 5) is 8.20. The van der Waals surface area contributed by atoms with Crippen molar-refractivity contribution in [2.75, 3.05) is 46.3 Å². The Morgan fingerprint density at radius 2 is 2.00 bits per heavy atom. The van der Waals surface area contributed by atoms with Crippen LogP contribution in [0.25, 0.3) is 0 Å². The molecule has 8 heteroatoms. The van der Waals surface area contributed by atoms with E-state index < -0.39 is 12.7 Å². The van der Waals surface area contributed by atoms with Gasteiger partial charge in [0.05, 0.1) is 6.54 Å². The Morgan fingerprint density at radius 1 is 1.25 bits per heavy atom. The zero-order chi connectivity index (χ0) is 16.5. The highest BCUT2D eigenvalue weighted by Crippen LogP contribution is 2.47. The molecule has 0 amide bonds. The predicted octanol–water partition coefficient (Wildman–Crippen LogP) is 2.94. The molecule has 0 aromatic carbocycles. The van der Waals surface area contributed by atoms with Crippen molar-refractivity contribution in [2.24, 2.45) is 16.3 Å². The maximum absolute atomic E-state index is 12.4. The Kier molecular flexibility index (Phi) is 6.66. The number of nitrogens with one attached hydrogen (secondary N) is 1. The molecule has 2 aliphatic heterocycles. The van der Waals surface area contributed by atoms with Gasteiger partial charge in [-0.1, -0.05) is 6.42 Å². The summed E-state index contributed by atoms with van der Waals surface area (Å²) in [6.45, 7) is 3.12. The van der Waals surface area contributed by atoms with Gasteiger partial charge < -0.3 is 10.2 Å². The van der Waals surface area contributed by atoms with Crippen LogP contribution in [-0.4, -0.2) is 68.3 Å². The lowest BCUT2D eigenvalue weighted by Gasteiger charge is -2.38. The van der Waals surface area contributed by atoms with Crippen molar-refractivity contribution in [1.29, 1.82) is 0 Å². The molecule has 2 heterocycles. The fourth-order valence-corrected chi connectivity index (χ4v) is 4.25. The smallest absolute Gasteiger partial charge is 0.356 e. The molecular formula is C16H28F3IN4. The summed E-state index contributed by atoms with van der Waals surface area (Å²) in [6, 6.07) is 0. The third-order valence-corrected chi connectivity index (χ3v) is 5.69. The van der Waals surface area contributed by atoms with Crippen molar-refractivity contribution in [2.45, 2.75) is 38.3 Å². The van der Waals surface area contributed by atoms with Crippen LogP contribution in [0.4, 0.5) is 13.2 Å². The highest BCUT2D eigenvalue weighted by Gasteiger charge is 2.43. The first-order valence-electron chi connectivity index (χ1n) is 8.64. The molecule has 0 radical (unpaired) electrons. The first kappa shape index (κ1) is 20.1. The van der Waals surface area contributed by atoms with Crippen LogP contribution in [0.3, 0.4) is 0 Å². The van der Waals surface area contributed by atoms with Crippen LogP contribution in [0.1, 0.15) is 32.1 Å². The van der Waals surface area contributed by atoms with E-state index in [1.54, 1.807) is 7.05 Å². The van der Waals surface area contributed by atoms with E-state index in [1.807, 2.05) is 0 Å². The molecule has 4 nitrogen and oxygen atoms in total. The average molecular weight is 460 g/mol. The highest BCUT2D eigenvalue weighted by molar-refractivity contribution is 14.0. The molecule has 2 saturated heterocycles. The zero-order valence-corrected chi connectivity index (χ0v) is 16.6. The van der Waals surface area contributed by atoms with E-state index >= 15 is 0 Å². The minimum Gasteiger partial charge on any atom is -0.356 e. The van der Waals surface area contributed by atoms with Gasteiger partial charge in [0.25, 0.3) is 0 Å². The van der Waals surface area contributed by atoms with Crippen LogP contribution >= 0.6 is 24.0 Å². The van der Waals surface area contributed by atoms with Gasteiger partial charge in [0.1, 0.15) is 0 Å². The fraction of sp³-hybridized carbons (Fsp3) is 0.938. The van der Waals surface area contributed by atoms with Gasteiger partial charge in [-0.15, -0.1) is 24.0 Å². The Morgan fingerprint density at radius 3 is 2.54 bits per heavy atom. The first-order valence-corrected chi connectivity index (χ1v) is 8.64. The van der Waals surface area contributed by atoms with Crippen molar-refractivity contribution in [3.8, 4) is 0 Å². The lowest BCUT2D eigenvalue weighted by Crippen LogP contribution is -2.44. The SMILES string of the molecule is CN=C(NCC1CCN(CC(F)(F)F)C1)N1CCC2(CCC2)C1.I. The van der Waals surface area contributed by atoms with Crippen molar-refractivity contribution < 1.29 is 13.2 Å². The van der Waals surface area contributed by atoms with Gasteiger partial charge in [-0.05, 0) is 43.6 Å². The fourth-order valence-electron chi connectivity index (χ4n) is 4.25. The molecule has 3 aliphatic rings. The monoisotopic (exact) mass is 460 g/mol. The Hall–Kier alpha value is -0.250. The van der Waals surface area contributed by atoms with Crippen LogP contribution in [0.15, 0.2) is 4.99 Å². The maximum atomic E-state index is 12.4. The number of hydrogen-bond donors (Lipinski definition) is 1. The number of nitrogens with zero attached hydrogens (tertiary/aromatic N) is 3. The van der Waals surface area contributed by atoms with Gasteiger partial charge in [0.15, 0.2) is 5.96 Å². The molecule has 1 aliphatic carbocycles. The molecule has 1 atom stereocenters. The highest BCUT2D eigenvalue weighted by atomic mass is 127. The van der Waals surface area contributed by atoms with Crippen molar-refractivity contribution in [3.63, 3.8) is 0 Å². The Bertz CT molecular complexity index is 451. The average Bonchev–Trinajstić information content (AvgIpc) is 3.04. The van der Waals surface area contributed by atoms with E-state index in [0.717, 1.165) is 25.5 Å². The summed E-state index contributed by atoms with van der Waals surface area (Å²) in [7, 11) is 1.79. The number of guanidine groups is 1. The predicted molar refractivity (Wildman–Crippen MR) is 99.9 cm³/mol. The second kappa shape index (κ2) is 7.97. The van der Waals surface area contributed by atoms with Crippen molar-refractivity contribution in [3.05, 3.63) is 0 Å². The minimum absolute atomic E-state index is 0. The summed E-state index contributed by atoms with van der Waals surface area (Å²) in [5, 5.41) is 3.39. The van der Waals surface area contributed by atoms with Crippen molar-refractivity contribution in [1.82, 2.24) is 15.1 Å². The van der Waals surface area contributed by atoms with E-state index in [2.05, 4.69) is 15.2 Å². The topological polar surface area (TPSA) is 30.9 Å². The van der Waals surface area contributed by atoms with E-state index in [-0.39, 0.29) is 29.9 Å². The molecule has 3 rings (SSSR count). The molecule has 1 spiro atoms. The van der Waals surface area contributed by atoms with Crippen LogP contribution in [0.2, 0.25) is 0 Å². The molecule has 0 bridgehead atoms. The summed E-state index contributed by atoms with van der Waals surface area (Å²) >= 11 is 0. The van der Waals surface area contributed by atoms with Gasteiger partial charge in [-0.25, -0.2) is 0 Å². The largest absolute Gasteiger partial charge is 0.401 e. The number of aliphatic imine (C=N–C) groups is 1. The van der Waals surface area contributed by atoms with Gasteiger partial charge in [-0.3, -0.25) is 9.89 Å². The summed E-state index contributed by atoms with van der Waals surface area (Å²) in [5.41, 5.74) is 0.522. The van der Waals surface area contributed by atoms with Crippen LogP contribution in [-0.2, 0) is 0 Å². The van der Waals surface area contributed by atoms with Crippen LogP contribution in [0, 0.1) is 11.3 Å². The molecule has 1 saturated carbocycles. The molecule has 0 aromatic heterocycles. The normalized spacial score (nSPS) is 27.2. The van der Waals surface area contributed by atoms with Crippen molar-refractivity contribution >= 4 is 29.9 Å². The van der Waals surface area contributed by atoms with Gasteiger partial charge >= 0.3 is 6.18 Å². The Labute approximate surface area is 159 Å². The number of rotatable bonds is 3. The zero-order valence-electron chi connectivity index (χ0n) is 14.2.